The molecule has 1 N–H and O–H groups in total. The summed E-state index contributed by atoms with van der Waals surface area (Å²) in [5.74, 6) is 0.944. The highest BCUT2D eigenvalue weighted by Gasteiger charge is 2.47. The van der Waals surface area contributed by atoms with Crippen LogP contribution in [0, 0.1) is 24.2 Å². The van der Waals surface area contributed by atoms with Crippen molar-refractivity contribution in [3.05, 3.63) is 35.4 Å². The van der Waals surface area contributed by atoms with Gasteiger partial charge in [-0.25, -0.2) is 4.79 Å². The van der Waals surface area contributed by atoms with Crippen molar-refractivity contribution in [2.24, 2.45) is 17.3 Å². The number of likely N-dealkylation sites (tertiary alicyclic amines) is 2. The Hall–Kier alpha value is -1.59. The maximum absolute atomic E-state index is 13.1. The SMILES string of the molecule is Cc1ccccc1C1C2CN(CC(C)(C)CO)CC2CCN1C(=O)OC(C)(C)C. The van der Waals surface area contributed by atoms with Crippen LogP contribution < -0.4 is 0 Å². The highest BCUT2D eigenvalue weighted by atomic mass is 16.6. The van der Waals surface area contributed by atoms with Crippen LogP contribution in [0.5, 0.6) is 0 Å². The molecule has 2 aliphatic rings. The third kappa shape index (κ3) is 5.13. The second-order valence-electron chi connectivity index (χ2n) is 10.7. The van der Waals surface area contributed by atoms with Crippen molar-refractivity contribution < 1.29 is 14.6 Å². The van der Waals surface area contributed by atoms with E-state index in [9.17, 15) is 9.90 Å². The van der Waals surface area contributed by atoms with E-state index in [2.05, 4.69) is 49.9 Å². The van der Waals surface area contributed by atoms with Crippen molar-refractivity contribution in [2.75, 3.05) is 32.8 Å². The first kappa shape index (κ1) is 22.1. The van der Waals surface area contributed by atoms with E-state index in [0.29, 0.717) is 11.8 Å². The lowest BCUT2D eigenvalue weighted by Gasteiger charge is -2.43. The van der Waals surface area contributed by atoms with E-state index >= 15 is 0 Å². The van der Waals surface area contributed by atoms with Crippen molar-refractivity contribution in [2.45, 2.75) is 59.6 Å². The first-order valence-electron chi connectivity index (χ1n) is 10.9. The molecular formula is C24H38N2O3. The lowest BCUT2D eigenvalue weighted by Crippen LogP contribution is -2.48. The van der Waals surface area contributed by atoms with Crippen molar-refractivity contribution in [3.8, 4) is 0 Å². The van der Waals surface area contributed by atoms with E-state index in [1.165, 1.54) is 11.1 Å². The number of carbonyl (C=O) groups excluding carboxylic acids is 1. The molecule has 1 aromatic rings. The molecule has 0 aliphatic carbocycles. The summed E-state index contributed by atoms with van der Waals surface area (Å²) in [4.78, 5) is 17.6. The number of benzene rings is 1. The summed E-state index contributed by atoms with van der Waals surface area (Å²) in [7, 11) is 0. The Bertz CT molecular complexity index is 725. The Labute approximate surface area is 176 Å². The highest BCUT2D eigenvalue weighted by molar-refractivity contribution is 5.69. The fourth-order valence-corrected chi connectivity index (χ4v) is 4.95. The molecule has 5 nitrogen and oxygen atoms in total. The number of fused-ring (bicyclic) bond motifs is 1. The van der Waals surface area contributed by atoms with Crippen LogP contribution in [0.1, 0.15) is 58.2 Å². The molecule has 0 saturated carbocycles. The second-order valence-corrected chi connectivity index (χ2v) is 10.7. The molecule has 0 spiro atoms. The lowest BCUT2D eigenvalue weighted by atomic mass is 9.78. The predicted molar refractivity (Wildman–Crippen MR) is 116 cm³/mol. The minimum absolute atomic E-state index is 0.0343. The summed E-state index contributed by atoms with van der Waals surface area (Å²) in [6, 6.07) is 8.46. The van der Waals surface area contributed by atoms with Crippen molar-refractivity contribution in [3.63, 3.8) is 0 Å². The summed E-state index contributed by atoms with van der Waals surface area (Å²) in [6.07, 6.45) is 0.792. The van der Waals surface area contributed by atoms with Crippen LogP contribution in [0.15, 0.2) is 24.3 Å². The van der Waals surface area contributed by atoms with Crippen molar-refractivity contribution in [1.82, 2.24) is 9.80 Å². The Morgan fingerprint density at radius 2 is 1.86 bits per heavy atom. The number of aryl methyl sites for hydroxylation is 1. The molecule has 0 bridgehead atoms. The van der Waals surface area contributed by atoms with Gasteiger partial charge in [0.1, 0.15) is 5.60 Å². The van der Waals surface area contributed by atoms with Gasteiger partial charge in [-0.1, -0.05) is 38.1 Å². The standard InChI is InChI=1S/C24H38N2O3/c1-17-9-7-8-10-19(17)21-20-14-25(15-24(5,6)16-27)13-18(20)11-12-26(21)22(28)29-23(2,3)4/h7-10,18,20-21,27H,11-16H2,1-6H3. The molecule has 29 heavy (non-hydrogen) atoms. The minimum Gasteiger partial charge on any atom is -0.444 e. The first-order valence-corrected chi connectivity index (χ1v) is 10.9. The van der Waals surface area contributed by atoms with Gasteiger partial charge >= 0.3 is 6.09 Å². The normalized spacial score (nSPS) is 25.8. The van der Waals surface area contributed by atoms with Crippen LogP contribution in [0.25, 0.3) is 0 Å². The Morgan fingerprint density at radius 1 is 1.17 bits per heavy atom. The number of aliphatic hydroxyl groups is 1. The molecule has 1 amide bonds. The Morgan fingerprint density at radius 3 is 2.48 bits per heavy atom. The largest absolute Gasteiger partial charge is 0.444 e. The topological polar surface area (TPSA) is 53.0 Å². The van der Waals surface area contributed by atoms with Gasteiger partial charge in [0.2, 0.25) is 0 Å². The number of carbonyl (C=O) groups is 1. The van der Waals surface area contributed by atoms with Gasteiger partial charge in [0.05, 0.1) is 6.04 Å². The monoisotopic (exact) mass is 402 g/mol. The zero-order chi connectivity index (χ0) is 21.4. The van der Waals surface area contributed by atoms with Crippen LogP contribution in [0.3, 0.4) is 0 Å². The molecule has 5 heteroatoms. The number of ether oxygens (including phenoxy) is 1. The fraction of sp³-hybridized carbons (Fsp3) is 0.708. The van der Waals surface area contributed by atoms with Crippen LogP contribution in [-0.4, -0.2) is 59.4 Å². The Balaban J connectivity index is 1.89. The number of hydrogen-bond acceptors (Lipinski definition) is 4. The van der Waals surface area contributed by atoms with Crippen LogP contribution in [-0.2, 0) is 4.74 Å². The van der Waals surface area contributed by atoms with Gasteiger partial charge in [-0.3, -0.25) is 0 Å². The molecule has 1 aromatic carbocycles. The summed E-state index contributed by atoms with van der Waals surface area (Å²) in [5.41, 5.74) is 1.84. The molecule has 2 fully saturated rings. The molecule has 0 radical (unpaired) electrons. The molecule has 2 aliphatic heterocycles. The van der Waals surface area contributed by atoms with Gasteiger partial charge in [0, 0.05) is 44.1 Å². The third-order valence-electron chi connectivity index (χ3n) is 6.26. The predicted octanol–water partition coefficient (Wildman–Crippen LogP) is 4.24. The van der Waals surface area contributed by atoms with Gasteiger partial charge in [-0.2, -0.15) is 0 Å². The van der Waals surface area contributed by atoms with Gasteiger partial charge in [-0.15, -0.1) is 0 Å². The van der Waals surface area contributed by atoms with E-state index < -0.39 is 5.60 Å². The smallest absolute Gasteiger partial charge is 0.410 e. The molecular weight excluding hydrogens is 364 g/mol. The van der Waals surface area contributed by atoms with Gasteiger partial charge in [-0.05, 0) is 51.2 Å². The average molecular weight is 403 g/mol. The number of rotatable bonds is 4. The number of hydrogen-bond donors (Lipinski definition) is 1. The highest BCUT2D eigenvalue weighted by Crippen LogP contribution is 2.45. The summed E-state index contributed by atoms with van der Waals surface area (Å²) in [6.45, 7) is 15.9. The maximum atomic E-state index is 13.1. The van der Waals surface area contributed by atoms with Gasteiger partial charge in [0.25, 0.3) is 0 Å². The second kappa shape index (κ2) is 8.27. The van der Waals surface area contributed by atoms with E-state index in [1.54, 1.807) is 0 Å². The molecule has 3 unspecified atom stereocenters. The van der Waals surface area contributed by atoms with Gasteiger partial charge in [0.15, 0.2) is 0 Å². The van der Waals surface area contributed by atoms with E-state index in [1.807, 2.05) is 25.7 Å². The fourth-order valence-electron chi connectivity index (χ4n) is 4.95. The summed E-state index contributed by atoms with van der Waals surface area (Å²) < 4.78 is 5.78. The van der Waals surface area contributed by atoms with Crippen molar-refractivity contribution in [1.29, 1.82) is 0 Å². The quantitative estimate of drug-likeness (QED) is 0.818. The number of piperidine rings is 1. The molecule has 2 saturated heterocycles. The van der Waals surface area contributed by atoms with Crippen molar-refractivity contribution >= 4 is 6.09 Å². The van der Waals surface area contributed by atoms with Crippen LogP contribution in [0.4, 0.5) is 4.79 Å². The van der Waals surface area contributed by atoms with Crippen LogP contribution >= 0.6 is 0 Å². The van der Waals surface area contributed by atoms with E-state index in [0.717, 1.165) is 32.6 Å². The molecule has 2 heterocycles. The molecule has 0 aromatic heterocycles. The molecule has 3 atom stereocenters. The Kier molecular flexibility index (Phi) is 6.30. The van der Waals surface area contributed by atoms with E-state index in [-0.39, 0.29) is 24.2 Å². The zero-order valence-electron chi connectivity index (χ0n) is 18.9. The lowest BCUT2D eigenvalue weighted by molar-refractivity contribution is -0.00541. The third-order valence-corrected chi connectivity index (χ3v) is 6.26. The minimum atomic E-state index is -0.503. The average Bonchev–Trinajstić information content (AvgIpc) is 3.01. The molecule has 162 valence electrons. The first-order chi connectivity index (χ1) is 13.5. The molecule has 3 rings (SSSR count). The summed E-state index contributed by atoms with van der Waals surface area (Å²) >= 11 is 0. The van der Waals surface area contributed by atoms with Gasteiger partial charge < -0.3 is 19.6 Å². The summed E-state index contributed by atoms with van der Waals surface area (Å²) in [5, 5.41) is 9.71. The maximum Gasteiger partial charge on any atom is 0.410 e. The number of aliphatic hydroxyl groups excluding tert-OH is 1. The zero-order valence-corrected chi connectivity index (χ0v) is 18.9. The number of nitrogens with zero attached hydrogens (tertiary/aromatic N) is 2. The van der Waals surface area contributed by atoms with E-state index in [4.69, 9.17) is 4.74 Å². The number of amides is 1. The van der Waals surface area contributed by atoms with Crippen LogP contribution in [0.2, 0.25) is 0 Å².